The Morgan fingerprint density at radius 2 is 1.69 bits per heavy atom. The molecule has 0 unspecified atom stereocenters. The zero-order valence-corrected chi connectivity index (χ0v) is 11.0. The second kappa shape index (κ2) is 7.59. The van der Waals surface area contributed by atoms with Crippen LogP contribution < -0.4 is 10.6 Å². The molecule has 1 fully saturated rings. The Hall–Kier alpha value is -0.660. The molecule has 1 aliphatic carbocycles. The molecule has 1 rings (SSSR count). The standard InChI is InChI=1S/C14H28N2/c1-4-10-15-12(3)16-11-14-8-6-13(5-2)7-9-14/h13-16H,3-11H2,1-2H3. The van der Waals surface area contributed by atoms with Crippen molar-refractivity contribution in [1.29, 1.82) is 0 Å². The monoisotopic (exact) mass is 224 g/mol. The summed E-state index contributed by atoms with van der Waals surface area (Å²) in [6, 6.07) is 0. The molecule has 2 nitrogen and oxygen atoms in total. The van der Waals surface area contributed by atoms with E-state index in [1.165, 1.54) is 32.1 Å². The Morgan fingerprint density at radius 1 is 1.06 bits per heavy atom. The summed E-state index contributed by atoms with van der Waals surface area (Å²) in [4.78, 5) is 0. The molecule has 0 aliphatic heterocycles. The summed E-state index contributed by atoms with van der Waals surface area (Å²) in [5.74, 6) is 2.86. The summed E-state index contributed by atoms with van der Waals surface area (Å²) in [6.45, 7) is 10.6. The Labute approximate surface area is 101 Å². The summed E-state index contributed by atoms with van der Waals surface area (Å²) in [5, 5.41) is 6.70. The predicted molar refractivity (Wildman–Crippen MR) is 71.2 cm³/mol. The van der Waals surface area contributed by atoms with Gasteiger partial charge in [-0.25, -0.2) is 0 Å². The molecule has 94 valence electrons. The molecular formula is C14H28N2. The van der Waals surface area contributed by atoms with Crippen molar-refractivity contribution >= 4 is 0 Å². The van der Waals surface area contributed by atoms with Gasteiger partial charge in [-0.15, -0.1) is 0 Å². The Balaban J connectivity index is 2.07. The highest BCUT2D eigenvalue weighted by Gasteiger charge is 2.19. The normalized spacial score (nSPS) is 25.1. The van der Waals surface area contributed by atoms with Crippen LogP contribution in [0.4, 0.5) is 0 Å². The molecule has 2 N–H and O–H groups in total. The van der Waals surface area contributed by atoms with Gasteiger partial charge in [-0.2, -0.15) is 0 Å². The van der Waals surface area contributed by atoms with E-state index >= 15 is 0 Å². The summed E-state index contributed by atoms with van der Waals surface area (Å²) in [5.41, 5.74) is 0. The Kier molecular flexibility index (Phi) is 6.36. The van der Waals surface area contributed by atoms with Gasteiger partial charge in [0.25, 0.3) is 0 Å². The molecule has 1 saturated carbocycles. The molecule has 0 saturated heterocycles. The Morgan fingerprint density at radius 3 is 2.25 bits per heavy atom. The quantitative estimate of drug-likeness (QED) is 0.693. The molecule has 0 atom stereocenters. The first kappa shape index (κ1) is 13.4. The topological polar surface area (TPSA) is 24.1 Å². The van der Waals surface area contributed by atoms with Crippen LogP contribution in [-0.4, -0.2) is 13.1 Å². The zero-order valence-electron chi connectivity index (χ0n) is 11.0. The average molecular weight is 224 g/mol. The average Bonchev–Trinajstić information content (AvgIpc) is 2.34. The molecule has 2 heteroatoms. The third-order valence-electron chi connectivity index (χ3n) is 3.74. The molecule has 0 bridgehead atoms. The van der Waals surface area contributed by atoms with E-state index in [4.69, 9.17) is 0 Å². The minimum Gasteiger partial charge on any atom is -0.372 e. The van der Waals surface area contributed by atoms with Crippen molar-refractivity contribution in [3.8, 4) is 0 Å². The highest BCUT2D eigenvalue weighted by molar-refractivity contribution is 4.88. The molecule has 1 aliphatic rings. The molecule has 0 amide bonds. The first-order valence-electron chi connectivity index (χ1n) is 6.92. The van der Waals surface area contributed by atoms with E-state index < -0.39 is 0 Å². The van der Waals surface area contributed by atoms with E-state index in [1.807, 2.05) is 0 Å². The molecule has 0 heterocycles. The number of hydrogen-bond donors (Lipinski definition) is 2. The summed E-state index contributed by atoms with van der Waals surface area (Å²) in [7, 11) is 0. The van der Waals surface area contributed by atoms with Gasteiger partial charge in [-0.05, 0) is 31.1 Å². The lowest BCUT2D eigenvalue weighted by atomic mass is 9.81. The van der Waals surface area contributed by atoms with Crippen LogP contribution in [0.15, 0.2) is 12.4 Å². The van der Waals surface area contributed by atoms with Crippen molar-refractivity contribution < 1.29 is 0 Å². The van der Waals surface area contributed by atoms with Crippen LogP contribution in [-0.2, 0) is 0 Å². The fourth-order valence-corrected chi connectivity index (χ4v) is 2.45. The maximum atomic E-state index is 3.99. The van der Waals surface area contributed by atoms with E-state index in [-0.39, 0.29) is 0 Å². The fourth-order valence-electron chi connectivity index (χ4n) is 2.45. The van der Waals surface area contributed by atoms with Crippen LogP contribution in [0.2, 0.25) is 0 Å². The van der Waals surface area contributed by atoms with Gasteiger partial charge in [0.2, 0.25) is 0 Å². The molecule has 0 spiro atoms. The van der Waals surface area contributed by atoms with Gasteiger partial charge in [0.1, 0.15) is 0 Å². The maximum absolute atomic E-state index is 3.99. The first-order valence-corrected chi connectivity index (χ1v) is 6.92. The van der Waals surface area contributed by atoms with Crippen LogP contribution in [0.25, 0.3) is 0 Å². The van der Waals surface area contributed by atoms with E-state index in [0.717, 1.165) is 37.2 Å². The van der Waals surface area contributed by atoms with Crippen LogP contribution in [0.3, 0.4) is 0 Å². The van der Waals surface area contributed by atoms with Crippen molar-refractivity contribution in [3.05, 3.63) is 12.4 Å². The molecule has 0 aromatic rings. The lowest BCUT2D eigenvalue weighted by Crippen LogP contribution is -2.31. The van der Waals surface area contributed by atoms with Crippen LogP contribution in [0, 0.1) is 11.8 Å². The zero-order chi connectivity index (χ0) is 11.8. The van der Waals surface area contributed by atoms with Crippen LogP contribution >= 0.6 is 0 Å². The van der Waals surface area contributed by atoms with Crippen LogP contribution in [0.1, 0.15) is 52.4 Å². The lowest BCUT2D eigenvalue weighted by molar-refractivity contribution is 0.265. The maximum Gasteiger partial charge on any atom is 0.0912 e. The molecule has 0 aromatic heterocycles. The minimum atomic E-state index is 0.864. The van der Waals surface area contributed by atoms with Gasteiger partial charge in [-0.3, -0.25) is 0 Å². The minimum absolute atomic E-state index is 0.864. The predicted octanol–water partition coefficient (Wildman–Crippen LogP) is 3.26. The molecular weight excluding hydrogens is 196 g/mol. The Bertz CT molecular complexity index is 193. The third-order valence-corrected chi connectivity index (χ3v) is 3.74. The van der Waals surface area contributed by atoms with Crippen molar-refractivity contribution in [3.63, 3.8) is 0 Å². The first-order chi connectivity index (χ1) is 7.76. The van der Waals surface area contributed by atoms with Crippen molar-refractivity contribution in [2.24, 2.45) is 11.8 Å². The van der Waals surface area contributed by atoms with Gasteiger partial charge in [0, 0.05) is 13.1 Å². The second-order valence-corrected chi connectivity index (χ2v) is 5.08. The van der Waals surface area contributed by atoms with Crippen molar-refractivity contribution in [2.75, 3.05) is 13.1 Å². The highest BCUT2D eigenvalue weighted by atomic mass is 15.1. The van der Waals surface area contributed by atoms with Crippen molar-refractivity contribution in [1.82, 2.24) is 10.6 Å². The number of rotatable bonds is 7. The SMILES string of the molecule is C=C(NCCC)NCC1CCC(CC)CC1. The van der Waals surface area contributed by atoms with E-state index in [1.54, 1.807) is 0 Å². The third kappa shape index (κ3) is 4.91. The van der Waals surface area contributed by atoms with E-state index in [0.29, 0.717) is 0 Å². The summed E-state index contributed by atoms with van der Waals surface area (Å²) >= 11 is 0. The van der Waals surface area contributed by atoms with Crippen molar-refractivity contribution in [2.45, 2.75) is 52.4 Å². The molecule has 0 aromatic carbocycles. The second-order valence-electron chi connectivity index (χ2n) is 5.08. The fraction of sp³-hybridized carbons (Fsp3) is 0.857. The summed E-state index contributed by atoms with van der Waals surface area (Å²) in [6.07, 6.45) is 8.17. The van der Waals surface area contributed by atoms with Crippen LogP contribution in [0.5, 0.6) is 0 Å². The smallest absolute Gasteiger partial charge is 0.0912 e. The van der Waals surface area contributed by atoms with Gasteiger partial charge >= 0.3 is 0 Å². The van der Waals surface area contributed by atoms with Gasteiger partial charge < -0.3 is 10.6 Å². The number of nitrogens with one attached hydrogen (secondary N) is 2. The van der Waals surface area contributed by atoms with Gasteiger partial charge in [0.05, 0.1) is 5.82 Å². The highest BCUT2D eigenvalue weighted by Crippen LogP contribution is 2.30. The van der Waals surface area contributed by atoms with E-state index in [9.17, 15) is 0 Å². The molecule has 0 radical (unpaired) electrons. The van der Waals surface area contributed by atoms with Gasteiger partial charge in [-0.1, -0.05) is 39.7 Å². The lowest BCUT2D eigenvalue weighted by Gasteiger charge is -2.28. The van der Waals surface area contributed by atoms with Gasteiger partial charge in [0.15, 0.2) is 0 Å². The summed E-state index contributed by atoms with van der Waals surface area (Å²) < 4.78 is 0. The largest absolute Gasteiger partial charge is 0.372 e. The van der Waals surface area contributed by atoms with E-state index in [2.05, 4.69) is 31.1 Å². The number of hydrogen-bond acceptors (Lipinski definition) is 2. The molecule has 16 heavy (non-hydrogen) atoms.